The molecular weight excluding hydrogens is 324 g/mol. The van der Waals surface area contributed by atoms with Crippen LogP contribution in [0.25, 0.3) is 0 Å². The van der Waals surface area contributed by atoms with Gasteiger partial charge in [0.25, 0.3) is 0 Å². The highest BCUT2D eigenvalue weighted by atomic mass is 16.2. The van der Waals surface area contributed by atoms with Gasteiger partial charge in [-0.05, 0) is 49.4 Å². The van der Waals surface area contributed by atoms with Gasteiger partial charge in [0.1, 0.15) is 6.54 Å². The smallest absolute Gasteiger partial charge is 0.246 e. The maximum Gasteiger partial charge on any atom is 0.246 e. The molecular formula is C21H24N4O. The van der Waals surface area contributed by atoms with Crippen LogP contribution in [0.15, 0.2) is 61.4 Å². The third-order valence-corrected chi connectivity index (χ3v) is 4.46. The molecule has 0 radical (unpaired) electrons. The van der Waals surface area contributed by atoms with Gasteiger partial charge in [0.15, 0.2) is 0 Å². The van der Waals surface area contributed by atoms with Crippen LogP contribution in [-0.2, 0) is 17.8 Å². The number of aromatic nitrogens is 3. The highest BCUT2D eigenvalue weighted by molar-refractivity contribution is 5.94. The van der Waals surface area contributed by atoms with Crippen LogP contribution in [-0.4, -0.2) is 27.0 Å². The lowest BCUT2D eigenvalue weighted by molar-refractivity contribution is -0.119. The third kappa shape index (κ3) is 4.36. The van der Waals surface area contributed by atoms with E-state index in [0.717, 1.165) is 29.7 Å². The van der Waals surface area contributed by atoms with Crippen LogP contribution in [0.1, 0.15) is 23.1 Å². The van der Waals surface area contributed by atoms with Crippen LogP contribution in [0.2, 0.25) is 0 Å². The van der Waals surface area contributed by atoms with Gasteiger partial charge in [0.05, 0.1) is 6.33 Å². The van der Waals surface area contributed by atoms with Gasteiger partial charge in [-0.15, -0.1) is 0 Å². The number of carbonyl (C=O) groups is 1. The topological polar surface area (TPSA) is 51.0 Å². The zero-order valence-corrected chi connectivity index (χ0v) is 15.3. The largest absolute Gasteiger partial charge is 0.328 e. The summed E-state index contributed by atoms with van der Waals surface area (Å²) in [7, 11) is 0. The molecule has 0 fully saturated rings. The van der Waals surface area contributed by atoms with Gasteiger partial charge in [-0.3, -0.25) is 9.78 Å². The summed E-state index contributed by atoms with van der Waals surface area (Å²) in [5.74, 6) is 0.0755. The van der Waals surface area contributed by atoms with E-state index in [1.54, 1.807) is 18.7 Å². The third-order valence-electron chi connectivity index (χ3n) is 4.46. The zero-order valence-electron chi connectivity index (χ0n) is 15.3. The molecule has 0 saturated heterocycles. The van der Waals surface area contributed by atoms with Crippen molar-refractivity contribution in [3.63, 3.8) is 0 Å². The van der Waals surface area contributed by atoms with Crippen molar-refractivity contribution in [2.75, 3.05) is 11.4 Å². The van der Waals surface area contributed by atoms with Gasteiger partial charge < -0.3 is 9.47 Å². The van der Waals surface area contributed by atoms with Crippen LogP contribution >= 0.6 is 0 Å². The summed E-state index contributed by atoms with van der Waals surface area (Å²) >= 11 is 0. The van der Waals surface area contributed by atoms with Crippen molar-refractivity contribution in [1.82, 2.24) is 14.5 Å². The van der Waals surface area contributed by atoms with E-state index >= 15 is 0 Å². The van der Waals surface area contributed by atoms with Crippen molar-refractivity contribution >= 4 is 11.6 Å². The van der Waals surface area contributed by atoms with Crippen molar-refractivity contribution in [1.29, 1.82) is 0 Å². The lowest BCUT2D eigenvalue weighted by atomic mass is 10.1. The van der Waals surface area contributed by atoms with Crippen LogP contribution in [0, 0.1) is 13.8 Å². The Hall–Kier alpha value is -2.95. The van der Waals surface area contributed by atoms with Crippen molar-refractivity contribution in [2.45, 2.75) is 33.2 Å². The second kappa shape index (κ2) is 8.43. The zero-order chi connectivity index (χ0) is 18.4. The van der Waals surface area contributed by atoms with E-state index in [9.17, 15) is 4.79 Å². The average Bonchev–Trinajstić information content (AvgIpc) is 3.14. The second-order valence-electron chi connectivity index (χ2n) is 6.49. The van der Waals surface area contributed by atoms with E-state index < -0.39 is 0 Å². The lowest BCUT2D eigenvalue weighted by Gasteiger charge is -2.26. The predicted molar refractivity (Wildman–Crippen MR) is 103 cm³/mol. The average molecular weight is 348 g/mol. The minimum Gasteiger partial charge on any atom is -0.328 e. The minimum atomic E-state index is 0.0755. The summed E-state index contributed by atoms with van der Waals surface area (Å²) < 4.78 is 1.81. The monoisotopic (exact) mass is 348 g/mol. The maximum absolute atomic E-state index is 13.0. The van der Waals surface area contributed by atoms with Crippen molar-refractivity contribution in [3.8, 4) is 0 Å². The molecule has 0 aliphatic carbocycles. The van der Waals surface area contributed by atoms with Crippen LogP contribution in [0.3, 0.4) is 0 Å². The highest BCUT2D eigenvalue weighted by Crippen LogP contribution is 2.25. The Morgan fingerprint density at radius 3 is 2.54 bits per heavy atom. The summed E-state index contributed by atoms with van der Waals surface area (Å²) in [6, 6.07) is 10.2. The molecule has 134 valence electrons. The number of benzene rings is 1. The molecule has 5 heteroatoms. The molecule has 0 aliphatic rings. The van der Waals surface area contributed by atoms with E-state index in [-0.39, 0.29) is 5.91 Å². The maximum atomic E-state index is 13.0. The SMILES string of the molecule is Cc1cccc(C)c1N(CCCc1cccnc1)C(=O)Cn1ccnc1. The summed E-state index contributed by atoms with van der Waals surface area (Å²) in [5.41, 5.74) is 4.44. The lowest BCUT2D eigenvalue weighted by Crippen LogP contribution is -2.35. The normalized spacial score (nSPS) is 10.7. The Bertz CT molecular complexity index is 823. The predicted octanol–water partition coefficient (Wildman–Crippen LogP) is 3.56. The first-order valence-electron chi connectivity index (χ1n) is 8.86. The van der Waals surface area contributed by atoms with E-state index in [1.807, 2.05) is 34.0 Å². The number of pyridine rings is 1. The molecule has 1 aromatic carbocycles. The molecule has 0 saturated carbocycles. The summed E-state index contributed by atoms with van der Waals surface area (Å²) in [5, 5.41) is 0. The molecule has 2 aromatic heterocycles. The first kappa shape index (κ1) is 17.9. The number of imidazole rings is 1. The fourth-order valence-electron chi connectivity index (χ4n) is 3.20. The summed E-state index contributed by atoms with van der Waals surface area (Å²) in [4.78, 5) is 23.1. The first-order chi connectivity index (χ1) is 12.6. The summed E-state index contributed by atoms with van der Waals surface area (Å²) in [6.07, 6.45) is 10.6. The molecule has 1 amide bonds. The highest BCUT2D eigenvalue weighted by Gasteiger charge is 2.19. The number of nitrogens with zero attached hydrogens (tertiary/aromatic N) is 4. The number of aryl methyl sites for hydroxylation is 3. The number of rotatable bonds is 7. The molecule has 3 rings (SSSR count). The van der Waals surface area contributed by atoms with E-state index in [2.05, 4.69) is 42.0 Å². The Kier molecular flexibility index (Phi) is 5.79. The number of anilines is 1. The molecule has 0 N–H and O–H groups in total. The Morgan fingerprint density at radius 1 is 1.08 bits per heavy atom. The number of amides is 1. The van der Waals surface area contributed by atoms with Crippen molar-refractivity contribution in [3.05, 3.63) is 78.1 Å². The van der Waals surface area contributed by atoms with Gasteiger partial charge in [0.2, 0.25) is 5.91 Å². The number of carbonyl (C=O) groups excluding carboxylic acids is 1. The molecule has 0 atom stereocenters. The van der Waals surface area contributed by atoms with Crippen LogP contribution in [0.4, 0.5) is 5.69 Å². The fourth-order valence-corrected chi connectivity index (χ4v) is 3.20. The van der Waals surface area contributed by atoms with Gasteiger partial charge in [-0.1, -0.05) is 24.3 Å². The molecule has 0 unspecified atom stereocenters. The van der Waals surface area contributed by atoms with Crippen LogP contribution < -0.4 is 4.90 Å². The van der Waals surface area contributed by atoms with Gasteiger partial charge in [0, 0.05) is 37.0 Å². The minimum absolute atomic E-state index is 0.0755. The van der Waals surface area contributed by atoms with E-state index in [0.29, 0.717) is 13.1 Å². The first-order valence-corrected chi connectivity index (χ1v) is 8.86. The molecule has 0 bridgehead atoms. The fraction of sp³-hybridized carbons (Fsp3) is 0.286. The van der Waals surface area contributed by atoms with Gasteiger partial charge in [-0.25, -0.2) is 4.98 Å². The molecule has 0 spiro atoms. The summed E-state index contributed by atoms with van der Waals surface area (Å²) in [6.45, 7) is 5.08. The van der Waals surface area contributed by atoms with Gasteiger partial charge in [-0.2, -0.15) is 0 Å². The van der Waals surface area contributed by atoms with Crippen molar-refractivity contribution < 1.29 is 4.79 Å². The number of hydrogen-bond donors (Lipinski definition) is 0. The Labute approximate surface area is 154 Å². The number of hydrogen-bond acceptors (Lipinski definition) is 3. The Morgan fingerprint density at radius 2 is 1.88 bits per heavy atom. The van der Waals surface area contributed by atoms with Crippen molar-refractivity contribution in [2.24, 2.45) is 0 Å². The Balaban J connectivity index is 1.78. The molecule has 3 aromatic rings. The molecule has 26 heavy (non-hydrogen) atoms. The van der Waals surface area contributed by atoms with Crippen LogP contribution in [0.5, 0.6) is 0 Å². The second-order valence-corrected chi connectivity index (χ2v) is 6.49. The quantitative estimate of drug-likeness (QED) is 0.656. The molecule has 2 heterocycles. The standard InChI is InChI=1S/C21H24N4O/c1-17-6-3-7-18(2)21(17)25(20(26)15-24-13-11-23-16-24)12-5-9-19-8-4-10-22-14-19/h3-4,6-8,10-11,13-14,16H,5,9,12,15H2,1-2H3. The molecule has 0 aliphatic heterocycles. The molecule has 5 nitrogen and oxygen atoms in total. The van der Waals surface area contributed by atoms with E-state index in [1.165, 1.54) is 5.56 Å². The van der Waals surface area contributed by atoms with Gasteiger partial charge >= 0.3 is 0 Å². The number of para-hydroxylation sites is 1. The van der Waals surface area contributed by atoms with E-state index in [4.69, 9.17) is 0 Å².